The normalized spacial score (nSPS) is 11.0. The molecular formula is C18H35NO8. The third kappa shape index (κ3) is 19.3. The first-order valence-corrected chi connectivity index (χ1v) is 9.44. The Kier molecular flexibility index (Phi) is 18.6. The summed E-state index contributed by atoms with van der Waals surface area (Å²) in [5.74, 6) is -0.480. The molecule has 0 amide bonds. The van der Waals surface area contributed by atoms with Crippen LogP contribution in [0.5, 0.6) is 0 Å². The van der Waals surface area contributed by atoms with Crippen LogP contribution < -0.4 is 0 Å². The van der Waals surface area contributed by atoms with Gasteiger partial charge >= 0.3 is 11.9 Å². The zero-order valence-electron chi connectivity index (χ0n) is 16.7. The minimum Gasteiger partial charge on any atom is -0.463 e. The van der Waals surface area contributed by atoms with Gasteiger partial charge in [-0.3, -0.25) is 9.59 Å². The van der Waals surface area contributed by atoms with E-state index in [1.807, 2.05) is 18.9 Å². The summed E-state index contributed by atoms with van der Waals surface area (Å²) < 4.78 is 25.9. The Morgan fingerprint density at radius 3 is 1.63 bits per heavy atom. The zero-order valence-corrected chi connectivity index (χ0v) is 16.7. The van der Waals surface area contributed by atoms with Gasteiger partial charge in [0.2, 0.25) is 0 Å². The first-order chi connectivity index (χ1) is 13.1. The fourth-order valence-corrected chi connectivity index (χ4v) is 1.88. The van der Waals surface area contributed by atoms with Crippen molar-refractivity contribution >= 4 is 11.9 Å². The van der Waals surface area contributed by atoms with E-state index in [1.165, 1.54) is 0 Å². The molecule has 160 valence electrons. The molecule has 0 radical (unpaired) electrons. The lowest BCUT2D eigenvalue weighted by Gasteiger charge is -2.14. The molecule has 0 bridgehead atoms. The fourth-order valence-electron chi connectivity index (χ4n) is 1.88. The van der Waals surface area contributed by atoms with Gasteiger partial charge in [-0.15, -0.1) is 0 Å². The summed E-state index contributed by atoms with van der Waals surface area (Å²) in [6.45, 7) is 5.93. The lowest BCUT2D eigenvalue weighted by molar-refractivity contribution is -0.146. The summed E-state index contributed by atoms with van der Waals surface area (Å²) in [6, 6.07) is 0. The van der Waals surface area contributed by atoms with Crippen molar-refractivity contribution in [3.05, 3.63) is 0 Å². The number of aliphatic hydroxyl groups is 1. The second-order valence-electron chi connectivity index (χ2n) is 5.80. The first kappa shape index (κ1) is 25.7. The van der Waals surface area contributed by atoms with Crippen LogP contribution in [0, 0.1) is 0 Å². The number of nitrogens with zero attached hydrogens (tertiary/aromatic N) is 1. The number of carbonyl (C=O) groups is 2. The van der Waals surface area contributed by atoms with Gasteiger partial charge in [-0.2, -0.15) is 0 Å². The molecule has 0 aliphatic rings. The Bertz CT molecular complexity index is 367. The number of aliphatic hydroxyl groups excluding tert-OH is 1. The predicted octanol–water partition coefficient (Wildman–Crippen LogP) is 0.237. The highest BCUT2D eigenvalue weighted by Crippen LogP contribution is 1.92. The Morgan fingerprint density at radius 2 is 1.19 bits per heavy atom. The number of esters is 2. The Balaban J connectivity index is 3.22. The van der Waals surface area contributed by atoms with Gasteiger partial charge in [0.25, 0.3) is 0 Å². The van der Waals surface area contributed by atoms with Crippen molar-refractivity contribution in [1.82, 2.24) is 4.90 Å². The summed E-state index contributed by atoms with van der Waals surface area (Å²) >= 11 is 0. The van der Waals surface area contributed by atoms with Crippen molar-refractivity contribution in [2.24, 2.45) is 0 Å². The average Bonchev–Trinajstić information content (AvgIpc) is 2.64. The maximum absolute atomic E-state index is 11.5. The molecule has 0 unspecified atom stereocenters. The van der Waals surface area contributed by atoms with Gasteiger partial charge in [0.05, 0.1) is 52.7 Å². The largest absolute Gasteiger partial charge is 0.463 e. The van der Waals surface area contributed by atoms with E-state index < -0.39 is 0 Å². The van der Waals surface area contributed by atoms with E-state index in [1.54, 1.807) is 0 Å². The van der Waals surface area contributed by atoms with E-state index in [0.29, 0.717) is 59.2 Å². The van der Waals surface area contributed by atoms with Crippen molar-refractivity contribution in [2.75, 3.05) is 79.6 Å². The number of carbonyl (C=O) groups excluding carboxylic acids is 2. The summed E-state index contributed by atoms with van der Waals surface area (Å²) in [6.07, 6.45) is 1.50. The molecule has 0 atom stereocenters. The molecule has 0 saturated heterocycles. The molecule has 1 N–H and O–H groups in total. The van der Waals surface area contributed by atoms with Gasteiger partial charge in [-0.1, -0.05) is 6.92 Å². The number of hydrogen-bond acceptors (Lipinski definition) is 9. The van der Waals surface area contributed by atoms with E-state index in [2.05, 4.69) is 0 Å². The molecule has 0 aromatic carbocycles. The van der Waals surface area contributed by atoms with E-state index in [4.69, 9.17) is 28.8 Å². The minimum atomic E-state index is -0.280. The van der Waals surface area contributed by atoms with E-state index in [-0.39, 0.29) is 38.2 Å². The monoisotopic (exact) mass is 393 g/mol. The molecule has 9 nitrogen and oxygen atoms in total. The average molecular weight is 393 g/mol. The van der Waals surface area contributed by atoms with Gasteiger partial charge in [-0.25, -0.2) is 0 Å². The smallest absolute Gasteiger partial charge is 0.307 e. The van der Waals surface area contributed by atoms with Crippen molar-refractivity contribution in [1.29, 1.82) is 0 Å². The third-order valence-corrected chi connectivity index (χ3v) is 3.36. The third-order valence-electron chi connectivity index (χ3n) is 3.36. The molecule has 9 heteroatoms. The minimum absolute atomic E-state index is 0.0715. The highest BCUT2D eigenvalue weighted by atomic mass is 16.6. The molecule has 0 rings (SSSR count). The van der Waals surface area contributed by atoms with Gasteiger partial charge < -0.3 is 33.7 Å². The zero-order chi connectivity index (χ0) is 20.2. The second kappa shape index (κ2) is 19.5. The number of likely N-dealkylation sites (N-methyl/N-ethyl adjacent to an activating group) is 1. The van der Waals surface area contributed by atoms with Gasteiger partial charge in [0.1, 0.15) is 13.2 Å². The molecule has 27 heavy (non-hydrogen) atoms. The summed E-state index contributed by atoms with van der Waals surface area (Å²) in [5.41, 5.74) is 0. The highest BCUT2D eigenvalue weighted by Gasteiger charge is 2.05. The van der Waals surface area contributed by atoms with Gasteiger partial charge in [0.15, 0.2) is 0 Å². The molecule has 0 saturated carbocycles. The summed E-state index contributed by atoms with van der Waals surface area (Å²) in [5, 5.41) is 8.76. The van der Waals surface area contributed by atoms with Crippen LogP contribution in [0.25, 0.3) is 0 Å². The predicted molar refractivity (Wildman–Crippen MR) is 98.5 cm³/mol. The van der Waals surface area contributed by atoms with Crippen LogP contribution in [0.4, 0.5) is 0 Å². The van der Waals surface area contributed by atoms with Gasteiger partial charge in [0, 0.05) is 19.5 Å². The van der Waals surface area contributed by atoms with E-state index >= 15 is 0 Å². The second-order valence-corrected chi connectivity index (χ2v) is 5.80. The molecule has 0 spiro atoms. The summed E-state index contributed by atoms with van der Waals surface area (Å²) in [4.78, 5) is 24.4. The molecule has 0 aromatic rings. The quantitative estimate of drug-likeness (QED) is 0.244. The van der Waals surface area contributed by atoms with Crippen molar-refractivity contribution in [2.45, 2.75) is 26.2 Å². The van der Waals surface area contributed by atoms with Crippen LogP contribution in [0.1, 0.15) is 26.2 Å². The molecule has 0 fully saturated rings. The lowest BCUT2D eigenvalue weighted by atomic mass is 10.3. The fraction of sp³-hybridized carbons (Fsp3) is 0.889. The molecule has 0 aromatic heterocycles. The molecular weight excluding hydrogens is 358 g/mol. The number of hydrogen-bond donors (Lipinski definition) is 1. The number of rotatable bonds is 19. The van der Waals surface area contributed by atoms with Crippen LogP contribution in [0.3, 0.4) is 0 Å². The highest BCUT2D eigenvalue weighted by molar-refractivity contribution is 5.69. The molecule has 0 aliphatic heterocycles. The van der Waals surface area contributed by atoms with Crippen molar-refractivity contribution in [3.63, 3.8) is 0 Å². The van der Waals surface area contributed by atoms with E-state index in [0.717, 1.165) is 6.42 Å². The van der Waals surface area contributed by atoms with Crippen molar-refractivity contribution < 1.29 is 38.4 Å². The van der Waals surface area contributed by atoms with Crippen LogP contribution in [-0.4, -0.2) is 102 Å². The van der Waals surface area contributed by atoms with Crippen LogP contribution >= 0.6 is 0 Å². The van der Waals surface area contributed by atoms with Crippen LogP contribution in [0.2, 0.25) is 0 Å². The van der Waals surface area contributed by atoms with Crippen molar-refractivity contribution in [3.8, 4) is 0 Å². The maximum atomic E-state index is 11.5. The lowest BCUT2D eigenvalue weighted by Crippen LogP contribution is -2.25. The number of ether oxygens (including phenoxy) is 5. The maximum Gasteiger partial charge on any atom is 0.307 e. The topological polar surface area (TPSA) is 104 Å². The standard InChI is InChI=1S/C18H35NO8/c1-3-4-17(21)26-15-13-24-11-9-23-10-12-25-14-16-27-18(22)5-6-19(2)7-8-20/h20H,3-16H2,1-2H3. The first-order valence-electron chi connectivity index (χ1n) is 9.44. The Morgan fingerprint density at radius 1 is 0.741 bits per heavy atom. The van der Waals surface area contributed by atoms with Crippen LogP contribution in [-0.2, 0) is 33.3 Å². The van der Waals surface area contributed by atoms with E-state index in [9.17, 15) is 9.59 Å². The summed E-state index contributed by atoms with van der Waals surface area (Å²) in [7, 11) is 1.83. The Hall–Kier alpha value is -1.26. The Labute approximate surface area is 161 Å². The van der Waals surface area contributed by atoms with Crippen LogP contribution in [0.15, 0.2) is 0 Å². The molecule has 0 heterocycles. The van der Waals surface area contributed by atoms with Gasteiger partial charge in [-0.05, 0) is 13.5 Å². The molecule has 0 aliphatic carbocycles. The SMILES string of the molecule is CCCC(=O)OCCOCCOCCOCCOC(=O)CCN(C)CCO.